The number of ether oxygens (including phenoxy) is 3. The van der Waals surface area contributed by atoms with E-state index < -0.39 is 10.9 Å². The van der Waals surface area contributed by atoms with E-state index in [0.717, 1.165) is 0 Å². The number of benzene rings is 3. The SMILES string of the molecule is COc1cc(/C=C2\N=C(c3ccc([N+](=O)[O-])c(C)c3)OC2=O)ccc1OCc1cccc(F)c1. The number of carbonyl (C=O) groups is 1. The molecule has 0 fully saturated rings. The van der Waals surface area contributed by atoms with E-state index in [0.29, 0.717) is 33.8 Å². The zero-order chi connectivity index (χ0) is 24.2. The van der Waals surface area contributed by atoms with Crippen LogP contribution in [0, 0.1) is 22.9 Å². The van der Waals surface area contributed by atoms with E-state index in [-0.39, 0.29) is 29.7 Å². The monoisotopic (exact) mass is 462 g/mol. The first-order valence-electron chi connectivity index (χ1n) is 10.2. The summed E-state index contributed by atoms with van der Waals surface area (Å²) >= 11 is 0. The van der Waals surface area contributed by atoms with Gasteiger partial charge in [0.1, 0.15) is 12.4 Å². The molecule has 3 aromatic carbocycles. The van der Waals surface area contributed by atoms with Crippen molar-refractivity contribution in [2.75, 3.05) is 7.11 Å². The molecule has 8 nitrogen and oxygen atoms in total. The second-order valence-corrected chi connectivity index (χ2v) is 7.42. The first-order chi connectivity index (χ1) is 16.3. The summed E-state index contributed by atoms with van der Waals surface area (Å²) in [4.78, 5) is 27.1. The van der Waals surface area contributed by atoms with E-state index in [9.17, 15) is 19.3 Å². The summed E-state index contributed by atoms with van der Waals surface area (Å²) in [6.45, 7) is 1.75. The number of rotatable bonds is 7. The molecular formula is C25H19FN2O6. The molecular weight excluding hydrogens is 443 g/mol. The molecule has 0 spiro atoms. The van der Waals surface area contributed by atoms with Crippen LogP contribution in [0.4, 0.5) is 10.1 Å². The molecule has 4 rings (SSSR count). The van der Waals surface area contributed by atoms with Crippen LogP contribution in [-0.4, -0.2) is 23.9 Å². The van der Waals surface area contributed by atoms with E-state index in [1.54, 1.807) is 43.3 Å². The molecule has 0 N–H and O–H groups in total. The Morgan fingerprint density at radius 1 is 1.12 bits per heavy atom. The summed E-state index contributed by atoms with van der Waals surface area (Å²) in [5, 5.41) is 11.0. The van der Waals surface area contributed by atoms with Crippen molar-refractivity contribution in [1.82, 2.24) is 0 Å². The van der Waals surface area contributed by atoms with Gasteiger partial charge in [-0.15, -0.1) is 0 Å². The van der Waals surface area contributed by atoms with Crippen LogP contribution in [0.2, 0.25) is 0 Å². The van der Waals surface area contributed by atoms with Gasteiger partial charge < -0.3 is 14.2 Å². The summed E-state index contributed by atoms with van der Waals surface area (Å²) in [5.74, 6) is -0.0456. The molecule has 0 aliphatic carbocycles. The van der Waals surface area contributed by atoms with Crippen LogP contribution in [0.5, 0.6) is 11.5 Å². The highest BCUT2D eigenvalue weighted by Crippen LogP contribution is 2.31. The number of methoxy groups -OCH3 is 1. The predicted octanol–water partition coefficient (Wildman–Crippen LogP) is 4.97. The number of aliphatic imine (C=N–C) groups is 1. The van der Waals surface area contributed by atoms with Gasteiger partial charge in [0.05, 0.1) is 12.0 Å². The van der Waals surface area contributed by atoms with Crippen molar-refractivity contribution in [3.63, 3.8) is 0 Å². The average molecular weight is 462 g/mol. The molecule has 0 unspecified atom stereocenters. The fourth-order valence-corrected chi connectivity index (χ4v) is 3.36. The molecule has 0 saturated heterocycles. The quantitative estimate of drug-likeness (QED) is 0.213. The Hall–Kier alpha value is -4.53. The lowest BCUT2D eigenvalue weighted by Crippen LogP contribution is -2.06. The summed E-state index contributed by atoms with van der Waals surface area (Å²) in [6.07, 6.45) is 1.53. The minimum Gasteiger partial charge on any atom is -0.493 e. The highest BCUT2D eigenvalue weighted by atomic mass is 19.1. The van der Waals surface area contributed by atoms with Gasteiger partial charge in [-0.05, 0) is 60.5 Å². The number of aryl methyl sites for hydroxylation is 1. The molecule has 1 aliphatic rings. The summed E-state index contributed by atoms with van der Waals surface area (Å²) in [6, 6.07) is 15.5. The van der Waals surface area contributed by atoms with Crippen LogP contribution in [0.15, 0.2) is 71.4 Å². The van der Waals surface area contributed by atoms with Crippen molar-refractivity contribution >= 4 is 23.6 Å². The molecule has 0 bridgehead atoms. The number of nitro groups is 1. The third-order valence-corrected chi connectivity index (χ3v) is 5.04. The Kier molecular flexibility index (Phi) is 6.35. The number of hydrogen-bond acceptors (Lipinski definition) is 7. The maximum Gasteiger partial charge on any atom is 0.363 e. The first kappa shape index (κ1) is 22.7. The zero-order valence-electron chi connectivity index (χ0n) is 18.3. The Labute approximate surface area is 194 Å². The van der Waals surface area contributed by atoms with Crippen molar-refractivity contribution in [2.45, 2.75) is 13.5 Å². The molecule has 0 saturated carbocycles. The molecule has 3 aromatic rings. The van der Waals surface area contributed by atoms with Gasteiger partial charge >= 0.3 is 5.97 Å². The lowest BCUT2D eigenvalue weighted by atomic mass is 10.1. The lowest BCUT2D eigenvalue weighted by Gasteiger charge is -2.11. The standard InChI is InChI=1S/C25H19FN2O6/c1-15-10-18(7-8-21(15)28(30)31)24-27-20(25(29)34-24)12-16-6-9-22(23(13-16)32-2)33-14-17-4-3-5-19(26)11-17/h3-13H,14H2,1-2H3/b20-12-. The molecule has 1 heterocycles. The number of cyclic esters (lactones) is 1. The topological polar surface area (TPSA) is 100 Å². The van der Waals surface area contributed by atoms with E-state index in [1.165, 1.54) is 37.5 Å². The van der Waals surface area contributed by atoms with Crippen LogP contribution in [0.3, 0.4) is 0 Å². The number of nitro benzene ring substituents is 1. The van der Waals surface area contributed by atoms with Crippen LogP contribution in [0.25, 0.3) is 6.08 Å². The maximum absolute atomic E-state index is 13.4. The highest BCUT2D eigenvalue weighted by molar-refractivity contribution is 6.13. The van der Waals surface area contributed by atoms with E-state index in [2.05, 4.69) is 4.99 Å². The van der Waals surface area contributed by atoms with Crippen molar-refractivity contribution in [2.24, 2.45) is 4.99 Å². The van der Waals surface area contributed by atoms with Crippen molar-refractivity contribution < 1.29 is 28.3 Å². The van der Waals surface area contributed by atoms with Gasteiger partial charge in [0.15, 0.2) is 17.2 Å². The molecule has 0 amide bonds. The summed E-state index contributed by atoms with van der Waals surface area (Å²) < 4.78 is 29.7. The first-order valence-corrected chi connectivity index (χ1v) is 10.2. The van der Waals surface area contributed by atoms with Gasteiger partial charge in [0.2, 0.25) is 5.90 Å². The smallest absolute Gasteiger partial charge is 0.363 e. The molecule has 0 atom stereocenters. The Morgan fingerprint density at radius 2 is 1.94 bits per heavy atom. The Morgan fingerprint density at radius 3 is 2.65 bits per heavy atom. The largest absolute Gasteiger partial charge is 0.493 e. The van der Waals surface area contributed by atoms with Gasteiger partial charge in [0.25, 0.3) is 5.69 Å². The Balaban J connectivity index is 1.55. The number of halogens is 1. The molecule has 9 heteroatoms. The van der Waals surface area contributed by atoms with Crippen LogP contribution in [0.1, 0.15) is 22.3 Å². The maximum atomic E-state index is 13.4. The van der Waals surface area contributed by atoms with Gasteiger partial charge in [-0.1, -0.05) is 18.2 Å². The van der Waals surface area contributed by atoms with Gasteiger partial charge in [-0.2, -0.15) is 0 Å². The molecule has 172 valence electrons. The normalized spacial score (nSPS) is 14.0. The molecule has 34 heavy (non-hydrogen) atoms. The van der Waals surface area contributed by atoms with Gasteiger partial charge in [0, 0.05) is 17.2 Å². The number of carbonyl (C=O) groups excluding carboxylic acids is 1. The highest BCUT2D eigenvalue weighted by Gasteiger charge is 2.25. The summed E-state index contributed by atoms with van der Waals surface area (Å²) in [5.41, 5.74) is 2.21. The number of esters is 1. The fraction of sp³-hybridized carbons (Fsp3) is 0.120. The van der Waals surface area contributed by atoms with Crippen molar-refractivity contribution in [3.8, 4) is 11.5 Å². The second-order valence-electron chi connectivity index (χ2n) is 7.42. The van der Waals surface area contributed by atoms with E-state index >= 15 is 0 Å². The minimum absolute atomic E-state index is 0.0313. The second kappa shape index (κ2) is 9.53. The van der Waals surface area contributed by atoms with Crippen LogP contribution in [-0.2, 0) is 16.1 Å². The van der Waals surface area contributed by atoms with E-state index in [4.69, 9.17) is 14.2 Å². The van der Waals surface area contributed by atoms with Crippen molar-refractivity contribution in [1.29, 1.82) is 0 Å². The fourth-order valence-electron chi connectivity index (χ4n) is 3.36. The molecule has 0 aromatic heterocycles. The van der Waals surface area contributed by atoms with E-state index in [1.807, 2.05) is 0 Å². The Bertz CT molecular complexity index is 1350. The predicted molar refractivity (Wildman–Crippen MR) is 122 cm³/mol. The van der Waals surface area contributed by atoms with Crippen LogP contribution < -0.4 is 9.47 Å². The number of hydrogen-bond donors (Lipinski definition) is 0. The third kappa shape index (κ3) is 4.93. The average Bonchev–Trinajstić information content (AvgIpc) is 3.18. The minimum atomic E-state index is -0.642. The van der Waals surface area contributed by atoms with Gasteiger partial charge in [-0.25, -0.2) is 14.2 Å². The van der Waals surface area contributed by atoms with Gasteiger partial charge in [-0.3, -0.25) is 10.1 Å². The lowest BCUT2D eigenvalue weighted by molar-refractivity contribution is -0.385. The third-order valence-electron chi connectivity index (χ3n) is 5.04. The molecule has 0 radical (unpaired) electrons. The van der Waals surface area contributed by atoms with Crippen LogP contribution >= 0.6 is 0 Å². The summed E-state index contributed by atoms with van der Waals surface area (Å²) in [7, 11) is 1.48. The zero-order valence-corrected chi connectivity index (χ0v) is 18.3. The number of nitrogens with zero attached hydrogens (tertiary/aromatic N) is 2. The molecule has 1 aliphatic heterocycles. The van der Waals surface area contributed by atoms with Crippen molar-refractivity contribution in [3.05, 3.63) is 105 Å².